The topological polar surface area (TPSA) is 39.1 Å². The summed E-state index contributed by atoms with van der Waals surface area (Å²) >= 11 is 0. The molecule has 0 saturated heterocycles. The number of nitrogens with one attached hydrogen (secondary N) is 1. The van der Waals surface area contributed by atoms with Crippen LogP contribution in [-0.4, -0.2) is 22.9 Å². The van der Waals surface area contributed by atoms with Crippen LogP contribution in [0.15, 0.2) is 42.6 Å². The fraction of sp³-hybridized carbons (Fsp3) is 0.471. The highest BCUT2D eigenvalue weighted by Gasteiger charge is 2.16. The number of hydrogen-bond donors (Lipinski definition) is 1. The van der Waals surface area contributed by atoms with Crippen LogP contribution in [0.3, 0.4) is 0 Å². The number of rotatable bonds is 9. The highest BCUT2D eigenvalue weighted by Crippen LogP contribution is 2.16. The highest BCUT2D eigenvalue weighted by molar-refractivity contribution is 5.21. The molecule has 0 saturated carbocycles. The van der Waals surface area contributed by atoms with E-state index in [-0.39, 0.29) is 6.04 Å². The molecule has 2 rings (SSSR count). The monoisotopic (exact) mass is 287 g/mol. The minimum Gasteiger partial charge on any atom is -0.492 e. The molecule has 0 fully saturated rings. The van der Waals surface area contributed by atoms with E-state index in [0.29, 0.717) is 6.61 Å². The maximum absolute atomic E-state index is 5.92. The van der Waals surface area contributed by atoms with Crippen LogP contribution in [0.5, 0.6) is 5.75 Å². The average Bonchev–Trinajstić information content (AvgIpc) is 2.97. The van der Waals surface area contributed by atoms with Crippen molar-refractivity contribution in [2.45, 2.75) is 39.3 Å². The molecule has 0 radical (unpaired) electrons. The summed E-state index contributed by atoms with van der Waals surface area (Å²) in [6.45, 7) is 6.86. The van der Waals surface area contributed by atoms with Crippen molar-refractivity contribution in [3.05, 3.63) is 48.3 Å². The first-order valence-electron chi connectivity index (χ1n) is 7.78. The third-order valence-electron chi connectivity index (χ3n) is 3.34. The molecule has 4 heteroatoms. The summed E-state index contributed by atoms with van der Waals surface area (Å²) in [5, 5.41) is 7.97. The van der Waals surface area contributed by atoms with Gasteiger partial charge in [-0.05, 0) is 37.6 Å². The summed E-state index contributed by atoms with van der Waals surface area (Å²) in [5.41, 5.74) is 1.20. The second-order valence-corrected chi connectivity index (χ2v) is 5.11. The van der Waals surface area contributed by atoms with Gasteiger partial charge in [-0.3, -0.25) is 4.68 Å². The van der Waals surface area contributed by atoms with Crippen molar-refractivity contribution < 1.29 is 4.74 Å². The van der Waals surface area contributed by atoms with Crippen molar-refractivity contribution >= 4 is 0 Å². The lowest BCUT2D eigenvalue weighted by Crippen LogP contribution is -2.29. The Morgan fingerprint density at radius 3 is 2.67 bits per heavy atom. The van der Waals surface area contributed by atoms with Gasteiger partial charge in [0.25, 0.3) is 0 Å². The second kappa shape index (κ2) is 8.47. The van der Waals surface area contributed by atoms with E-state index in [2.05, 4.69) is 35.0 Å². The molecular weight excluding hydrogens is 262 g/mol. The molecule has 0 aliphatic heterocycles. The van der Waals surface area contributed by atoms with Crippen LogP contribution < -0.4 is 10.1 Å². The number of hydrogen-bond acceptors (Lipinski definition) is 3. The molecule has 1 unspecified atom stereocenters. The lowest BCUT2D eigenvalue weighted by Gasteiger charge is -2.20. The van der Waals surface area contributed by atoms with Crippen molar-refractivity contribution in [2.24, 2.45) is 0 Å². The maximum Gasteiger partial charge on any atom is 0.119 e. The molecule has 21 heavy (non-hydrogen) atoms. The van der Waals surface area contributed by atoms with E-state index >= 15 is 0 Å². The second-order valence-electron chi connectivity index (χ2n) is 5.11. The molecule has 1 aromatic heterocycles. The first-order chi connectivity index (χ1) is 10.3. The fourth-order valence-electron chi connectivity index (χ4n) is 2.30. The summed E-state index contributed by atoms with van der Waals surface area (Å²) < 4.78 is 7.99. The van der Waals surface area contributed by atoms with Crippen molar-refractivity contribution in [3.63, 3.8) is 0 Å². The van der Waals surface area contributed by atoms with E-state index in [4.69, 9.17) is 4.74 Å². The molecule has 1 N–H and O–H groups in total. The number of aromatic nitrogens is 2. The SMILES string of the molecule is CCCNC(COc1ccccc1)c1ccnn1CCC. The van der Waals surface area contributed by atoms with E-state index < -0.39 is 0 Å². The minimum atomic E-state index is 0.166. The van der Waals surface area contributed by atoms with Gasteiger partial charge in [0.15, 0.2) is 0 Å². The van der Waals surface area contributed by atoms with E-state index in [1.807, 2.05) is 36.5 Å². The summed E-state index contributed by atoms with van der Waals surface area (Å²) in [4.78, 5) is 0. The first-order valence-corrected chi connectivity index (χ1v) is 7.78. The van der Waals surface area contributed by atoms with Crippen LogP contribution in [0.4, 0.5) is 0 Å². The quantitative estimate of drug-likeness (QED) is 0.768. The molecule has 0 spiro atoms. The molecule has 1 heterocycles. The third kappa shape index (κ3) is 4.60. The number of para-hydroxylation sites is 1. The Kier molecular flexibility index (Phi) is 6.28. The average molecular weight is 287 g/mol. The van der Waals surface area contributed by atoms with Gasteiger partial charge in [0.2, 0.25) is 0 Å². The van der Waals surface area contributed by atoms with Crippen LogP contribution in [0.25, 0.3) is 0 Å². The largest absolute Gasteiger partial charge is 0.492 e. The molecule has 2 aromatic rings. The van der Waals surface area contributed by atoms with Gasteiger partial charge in [-0.15, -0.1) is 0 Å². The van der Waals surface area contributed by atoms with Gasteiger partial charge in [-0.25, -0.2) is 0 Å². The highest BCUT2D eigenvalue weighted by atomic mass is 16.5. The van der Waals surface area contributed by atoms with Gasteiger partial charge < -0.3 is 10.1 Å². The number of ether oxygens (including phenoxy) is 1. The minimum absolute atomic E-state index is 0.166. The van der Waals surface area contributed by atoms with Crippen molar-refractivity contribution in [3.8, 4) is 5.75 Å². The molecule has 114 valence electrons. The van der Waals surface area contributed by atoms with E-state index in [1.54, 1.807) is 0 Å². The van der Waals surface area contributed by atoms with E-state index in [1.165, 1.54) is 5.69 Å². The predicted molar refractivity (Wildman–Crippen MR) is 85.5 cm³/mol. The lowest BCUT2D eigenvalue weighted by atomic mass is 10.2. The maximum atomic E-state index is 5.92. The van der Waals surface area contributed by atoms with Crippen LogP contribution in [0.2, 0.25) is 0 Å². The molecule has 0 aliphatic carbocycles. The number of nitrogens with zero attached hydrogens (tertiary/aromatic N) is 2. The Morgan fingerprint density at radius 2 is 1.95 bits per heavy atom. The fourth-order valence-corrected chi connectivity index (χ4v) is 2.30. The molecule has 4 nitrogen and oxygen atoms in total. The summed E-state index contributed by atoms with van der Waals surface area (Å²) in [5.74, 6) is 0.905. The Labute approximate surface area is 127 Å². The summed E-state index contributed by atoms with van der Waals surface area (Å²) in [6, 6.07) is 12.2. The Morgan fingerprint density at radius 1 is 1.14 bits per heavy atom. The zero-order chi connectivity index (χ0) is 14.9. The van der Waals surface area contributed by atoms with Crippen LogP contribution in [0, 0.1) is 0 Å². The standard InChI is InChI=1S/C17H25N3O/c1-3-11-18-16(14-21-15-8-6-5-7-9-15)17-10-12-19-20(17)13-4-2/h5-10,12,16,18H,3-4,11,13-14H2,1-2H3. The number of aryl methyl sites for hydroxylation is 1. The molecule has 0 bridgehead atoms. The zero-order valence-electron chi connectivity index (χ0n) is 13.0. The molecule has 0 amide bonds. The molecule has 0 aliphatic rings. The van der Waals surface area contributed by atoms with Crippen LogP contribution in [-0.2, 0) is 6.54 Å². The van der Waals surface area contributed by atoms with Gasteiger partial charge >= 0.3 is 0 Å². The third-order valence-corrected chi connectivity index (χ3v) is 3.34. The smallest absolute Gasteiger partial charge is 0.119 e. The van der Waals surface area contributed by atoms with Crippen LogP contribution >= 0.6 is 0 Å². The Bertz CT molecular complexity index is 510. The Balaban J connectivity index is 2.04. The molecule has 1 atom stereocenters. The van der Waals surface area contributed by atoms with Crippen molar-refractivity contribution in [1.82, 2.24) is 15.1 Å². The van der Waals surface area contributed by atoms with Gasteiger partial charge in [0.1, 0.15) is 12.4 Å². The first kappa shape index (κ1) is 15.6. The van der Waals surface area contributed by atoms with E-state index in [9.17, 15) is 0 Å². The predicted octanol–water partition coefficient (Wildman–Crippen LogP) is 3.41. The molecular formula is C17H25N3O. The van der Waals surface area contributed by atoms with Crippen LogP contribution in [0.1, 0.15) is 38.4 Å². The van der Waals surface area contributed by atoms with Gasteiger partial charge in [0, 0.05) is 12.7 Å². The summed E-state index contributed by atoms with van der Waals surface area (Å²) in [6.07, 6.45) is 4.05. The Hall–Kier alpha value is -1.81. The van der Waals surface area contributed by atoms with Crippen molar-refractivity contribution in [2.75, 3.05) is 13.2 Å². The lowest BCUT2D eigenvalue weighted by molar-refractivity contribution is 0.258. The van der Waals surface area contributed by atoms with Gasteiger partial charge in [0.05, 0.1) is 11.7 Å². The van der Waals surface area contributed by atoms with Gasteiger partial charge in [-0.1, -0.05) is 32.0 Å². The zero-order valence-corrected chi connectivity index (χ0v) is 13.0. The number of benzene rings is 1. The molecule has 1 aromatic carbocycles. The normalized spacial score (nSPS) is 12.3. The van der Waals surface area contributed by atoms with Gasteiger partial charge in [-0.2, -0.15) is 5.10 Å². The summed E-state index contributed by atoms with van der Waals surface area (Å²) in [7, 11) is 0. The van der Waals surface area contributed by atoms with Crippen molar-refractivity contribution in [1.29, 1.82) is 0 Å². The van der Waals surface area contributed by atoms with E-state index in [0.717, 1.165) is 31.7 Å².